The quantitative estimate of drug-likeness (QED) is 0.692. The molecule has 0 heterocycles. The van der Waals surface area contributed by atoms with Gasteiger partial charge in [0.15, 0.2) is 0 Å². The van der Waals surface area contributed by atoms with E-state index in [1.165, 1.54) is 0 Å². The van der Waals surface area contributed by atoms with Crippen molar-refractivity contribution in [3.63, 3.8) is 0 Å². The first-order valence-electron chi connectivity index (χ1n) is 6.65. The number of anilines is 1. The van der Waals surface area contributed by atoms with Crippen molar-refractivity contribution in [2.24, 2.45) is 5.41 Å². The van der Waals surface area contributed by atoms with E-state index in [2.05, 4.69) is 5.32 Å². The molecule has 0 aromatic heterocycles. The third-order valence-corrected chi connectivity index (χ3v) is 3.16. The largest absolute Gasteiger partial charge is 0.396 e. The van der Waals surface area contributed by atoms with E-state index in [4.69, 9.17) is 0 Å². The van der Waals surface area contributed by atoms with Gasteiger partial charge in [-0.05, 0) is 26.1 Å². The molecule has 112 valence electrons. The Labute approximate surface area is 120 Å². The Hall–Kier alpha value is -1.43. The number of benzene rings is 1. The van der Waals surface area contributed by atoms with Gasteiger partial charge in [-0.3, -0.25) is 9.69 Å². The first kappa shape index (κ1) is 16.6. The van der Waals surface area contributed by atoms with E-state index in [0.29, 0.717) is 6.54 Å². The zero-order valence-corrected chi connectivity index (χ0v) is 12.4. The van der Waals surface area contributed by atoms with E-state index in [1.54, 1.807) is 18.9 Å². The fourth-order valence-electron chi connectivity index (χ4n) is 1.94. The maximum atomic E-state index is 11.9. The lowest BCUT2D eigenvalue weighted by Crippen LogP contribution is -2.41. The molecule has 0 aliphatic rings. The van der Waals surface area contributed by atoms with Crippen molar-refractivity contribution in [3.05, 3.63) is 29.8 Å². The summed E-state index contributed by atoms with van der Waals surface area (Å²) >= 11 is 0. The van der Waals surface area contributed by atoms with Gasteiger partial charge < -0.3 is 15.5 Å². The average Bonchev–Trinajstić information content (AvgIpc) is 2.41. The number of nitrogens with zero attached hydrogens (tertiary/aromatic N) is 1. The van der Waals surface area contributed by atoms with Gasteiger partial charge in [-0.2, -0.15) is 0 Å². The minimum atomic E-state index is -0.598. The summed E-state index contributed by atoms with van der Waals surface area (Å²) < 4.78 is 0. The van der Waals surface area contributed by atoms with Gasteiger partial charge in [-0.1, -0.05) is 24.6 Å². The summed E-state index contributed by atoms with van der Waals surface area (Å²) in [5, 5.41) is 21.3. The van der Waals surface area contributed by atoms with E-state index < -0.39 is 5.41 Å². The van der Waals surface area contributed by atoms with Crippen molar-refractivity contribution in [2.45, 2.75) is 13.8 Å². The Bertz CT molecular complexity index is 427. The number of likely N-dealkylation sites (N-methyl/N-ethyl adjacent to an activating group) is 1. The molecule has 0 fully saturated rings. The van der Waals surface area contributed by atoms with Gasteiger partial charge in [-0.25, -0.2) is 0 Å². The standard InChI is InChI=1S/C15H24N2O3/c1-12-4-6-13(7-5-12)16-14(20)8-17(3)9-15(2,10-18)11-19/h4-7,18-19H,8-11H2,1-3H3,(H,16,20). The number of aliphatic hydroxyl groups excluding tert-OH is 2. The molecule has 0 aliphatic heterocycles. The SMILES string of the molecule is Cc1ccc(NC(=O)CN(C)CC(C)(CO)CO)cc1. The summed E-state index contributed by atoms with van der Waals surface area (Å²) in [6, 6.07) is 7.60. The van der Waals surface area contributed by atoms with E-state index in [0.717, 1.165) is 11.3 Å². The van der Waals surface area contributed by atoms with Gasteiger partial charge in [-0.15, -0.1) is 0 Å². The lowest BCUT2D eigenvalue weighted by Gasteiger charge is -2.29. The predicted molar refractivity (Wildman–Crippen MR) is 79.6 cm³/mol. The number of aryl methyl sites for hydroxylation is 1. The van der Waals surface area contributed by atoms with Gasteiger partial charge in [0.05, 0.1) is 19.8 Å². The monoisotopic (exact) mass is 280 g/mol. The van der Waals surface area contributed by atoms with Gasteiger partial charge in [0.25, 0.3) is 0 Å². The highest BCUT2D eigenvalue weighted by Gasteiger charge is 2.25. The number of amides is 1. The minimum Gasteiger partial charge on any atom is -0.396 e. The molecule has 1 aromatic carbocycles. The third-order valence-electron chi connectivity index (χ3n) is 3.16. The highest BCUT2D eigenvalue weighted by Crippen LogP contribution is 2.15. The van der Waals surface area contributed by atoms with Crippen molar-refractivity contribution in [2.75, 3.05) is 38.7 Å². The van der Waals surface area contributed by atoms with Gasteiger partial charge in [0.2, 0.25) is 5.91 Å². The van der Waals surface area contributed by atoms with Gasteiger partial charge in [0, 0.05) is 17.6 Å². The lowest BCUT2D eigenvalue weighted by atomic mass is 9.92. The molecule has 1 amide bonds. The molecule has 0 bridgehead atoms. The van der Waals surface area contributed by atoms with Crippen molar-refractivity contribution in [1.82, 2.24) is 4.90 Å². The van der Waals surface area contributed by atoms with Crippen LogP contribution in [0.1, 0.15) is 12.5 Å². The van der Waals surface area contributed by atoms with E-state index in [1.807, 2.05) is 31.2 Å². The molecule has 1 rings (SSSR count). The Balaban J connectivity index is 2.47. The molecule has 0 unspecified atom stereocenters. The Kier molecular flexibility index (Phi) is 6.13. The van der Waals surface area contributed by atoms with Gasteiger partial charge in [0.1, 0.15) is 0 Å². The van der Waals surface area contributed by atoms with Crippen LogP contribution in [0.4, 0.5) is 5.69 Å². The summed E-state index contributed by atoms with van der Waals surface area (Å²) in [5.74, 6) is -0.116. The van der Waals surface area contributed by atoms with Crippen LogP contribution >= 0.6 is 0 Å². The number of hydrogen-bond donors (Lipinski definition) is 3. The molecule has 0 radical (unpaired) electrons. The smallest absolute Gasteiger partial charge is 0.238 e. The number of carbonyl (C=O) groups is 1. The average molecular weight is 280 g/mol. The highest BCUT2D eigenvalue weighted by atomic mass is 16.3. The van der Waals surface area contributed by atoms with Crippen molar-refractivity contribution >= 4 is 11.6 Å². The molecule has 5 nitrogen and oxygen atoms in total. The molecule has 3 N–H and O–H groups in total. The first-order valence-corrected chi connectivity index (χ1v) is 6.65. The fraction of sp³-hybridized carbons (Fsp3) is 0.533. The van der Waals surface area contributed by atoms with Crippen LogP contribution in [0.15, 0.2) is 24.3 Å². The molecule has 0 atom stereocenters. The van der Waals surface area contributed by atoms with Crippen LogP contribution in [-0.4, -0.2) is 54.4 Å². The van der Waals surface area contributed by atoms with E-state index in [9.17, 15) is 15.0 Å². The van der Waals surface area contributed by atoms with Crippen molar-refractivity contribution in [3.8, 4) is 0 Å². The zero-order chi connectivity index (χ0) is 15.2. The second kappa shape index (κ2) is 7.38. The summed E-state index contributed by atoms with van der Waals surface area (Å²) in [6.07, 6.45) is 0. The summed E-state index contributed by atoms with van der Waals surface area (Å²) in [6.45, 7) is 4.19. The molecule has 0 saturated carbocycles. The fourth-order valence-corrected chi connectivity index (χ4v) is 1.94. The van der Waals surface area contributed by atoms with Crippen molar-refractivity contribution in [1.29, 1.82) is 0 Å². The molecule has 0 spiro atoms. The van der Waals surface area contributed by atoms with E-state index in [-0.39, 0.29) is 25.7 Å². The molecule has 0 aliphatic carbocycles. The third kappa shape index (κ3) is 5.28. The second-order valence-corrected chi connectivity index (χ2v) is 5.71. The van der Waals surface area contributed by atoms with Crippen LogP contribution in [0.3, 0.4) is 0 Å². The number of aliphatic hydroxyl groups is 2. The number of carbonyl (C=O) groups excluding carboxylic acids is 1. The summed E-state index contributed by atoms with van der Waals surface area (Å²) in [7, 11) is 1.79. The minimum absolute atomic E-state index is 0.116. The van der Waals surface area contributed by atoms with Crippen LogP contribution < -0.4 is 5.32 Å². The van der Waals surface area contributed by atoms with Gasteiger partial charge >= 0.3 is 0 Å². The molecule has 0 saturated heterocycles. The number of nitrogens with one attached hydrogen (secondary N) is 1. The Morgan fingerprint density at radius 3 is 2.30 bits per heavy atom. The molecule has 20 heavy (non-hydrogen) atoms. The molecular formula is C15H24N2O3. The summed E-state index contributed by atoms with van der Waals surface area (Å²) in [5.41, 5.74) is 1.31. The molecular weight excluding hydrogens is 256 g/mol. The van der Waals surface area contributed by atoms with Crippen LogP contribution in [0, 0.1) is 12.3 Å². The summed E-state index contributed by atoms with van der Waals surface area (Å²) in [4.78, 5) is 13.7. The predicted octanol–water partition coefficient (Wildman–Crippen LogP) is 0.856. The van der Waals surface area contributed by atoms with Crippen LogP contribution in [0.25, 0.3) is 0 Å². The normalized spacial score (nSPS) is 11.7. The van der Waals surface area contributed by atoms with Crippen LogP contribution in [0.2, 0.25) is 0 Å². The molecule has 5 heteroatoms. The van der Waals surface area contributed by atoms with Crippen molar-refractivity contribution < 1.29 is 15.0 Å². The Morgan fingerprint density at radius 1 is 1.25 bits per heavy atom. The maximum absolute atomic E-state index is 11.9. The van der Waals surface area contributed by atoms with Crippen LogP contribution in [0.5, 0.6) is 0 Å². The molecule has 1 aromatic rings. The number of hydrogen-bond acceptors (Lipinski definition) is 4. The first-order chi connectivity index (χ1) is 9.38. The highest BCUT2D eigenvalue weighted by molar-refractivity contribution is 5.92. The number of rotatable bonds is 7. The Morgan fingerprint density at radius 2 is 1.80 bits per heavy atom. The second-order valence-electron chi connectivity index (χ2n) is 5.71. The van der Waals surface area contributed by atoms with Crippen LogP contribution in [-0.2, 0) is 4.79 Å². The zero-order valence-electron chi connectivity index (χ0n) is 12.4. The lowest BCUT2D eigenvalue weighted by molar-refractivity contribution is -0.117. The maximum Gasteiger partial charge on any atom is 0.238 e. The van der Waals surface area contributed by atoms with E-state index >= 15 is 0 Å². The topological polar surface area (TPSA) is 72.8 Å².